The van der Waals surface area contributed by atoms with Gasteiger partial charge in [0.25, 0.3) is 11.7 Å². The maximum atomic E-state index is 4.51. The van der Waals surface area contributed by atoms with Crippen LogP contribution >= 0.6 is 11.3 Å². The Balaban J connectivity index is 1.79. The molecular formula is C15H11N5S. The van der Waals surface area contributed by atoms with Crippen LogP contribution in [-0.2, 0) is 0 Å². The Morgan fingerprint density at radius 2 is 1.95 bits per heavy atom. The van der Waals surface area contributed by atoms with E-state index in [0.717, 1.165) is 5.69 Å². The minimum absolute atomic E-state index is 0.590. The van der Waals surface area contributed by atoms with E-state index >= 15 is 0 Å². The molecule has 4 aromatic rings. The molecule has 0 radical (unpaired) electrons. The molecule has 0 spiro atoms. The molecule has 102 valence electrons. The quantitative estimate of drug-likeness (QED) is 0.583. The molecule has 0 atom stereocenters. The molecular weight excluding hydrogens is 282 g/mol. The number of rotatable bonds is 3. The summed E-state index contributed by atoms with van der Waals surface area (Å²) in [5.74, 6) is 1.21. The minimum atomic E-state index is 0.590. The van der Waals surface area contributed by atoms with Gasteiger partial charge >= 0.3 is 0 Å². The lowest BCUT2D eigenvalue weighted by atomic mass is 10.3. The van der Waals surface area contributed by atoms with Crippen LogP contribution in [-0.4, -0.2) is 24.1 Å². The highest BCUT2D eigenvalue weighted by molar-refractivity contribution is 7.10. The van der Waals surface area contributed by atoms with Gasteiger partial charge in [0.15, 0.2) is 0 Å². The van der Waals surface area contributed by atoms with Crippen LogP contribution in [0.4, 0.5) is 0 Å². The lowest BCUT2D eigenvalue weighted by molar-refractivity contribution is 0.877. The summed E-state index contributed by atoms with van der Waals surface area (Å²) in [5.41, 5.74) is 0.944. The zero-order valence-electron chi connectivity index (χ0n) is 11.0. The monoisotopic (exact) mass is 293 g/mol. The molecule has 0 unspecified atom stereocenters. The third kappa shape index (κ3) is 2.25. The van der Waals surface area contributed by atoms with Crippen LogP contribution in [0.2, 0.25) is 0 Å². The predicted molar refractivity (Wildman–Crippen MR) is 83.4 cm³/mol. The van der Waals surface area contributed by atoms with Crippen molar-refractivity contribution in [2.24, 2.45) is 0 Å². The molecule has 0 saturated heterocycles. The Morgan fingerprint density at radius 3 is 2.76 bits per heavy atom. The lowest BCUT2D eigenvalue weighted by Crippen LogP contribution is -1.96. The summed E-state index contributed by atoms with van der Waals surface area (Å²) in [6.45, 7) is 0. The standard InChI is InChI=1S/C15H11N5S/c1-2-10-19(9-1)15-17-14-16-8-7-12(20(14)18-15)5-6-13-4-3-11-21-13/h1-11H. The second-order valence-electron chi connectivity index (χ2n) is 4.43. The molecule has 0 saturated carbocycles. The molecule has 0 amide bonds. The van der Waals surface area contributed by atoms with Gasteiger partial charge in [-0.15, -0.1) is 16.4 Å². The maximum absolute atomic E-state index is 4.51. The van der Waals surface area contributed by atoms with Crippen LogP contribution < -0.4 is 0 Å². The van der Waals surface area contributed by atoms with Crippen molar-refractivity contribution in [2.45, 2.75) is 0 Å². The van der Waals surface area contributed by atoms with Gasteiger partial charge in [-0.05, 0) is 41.8 Å². The summed E-state index contributed by atoms with van der Waals surface area (Å²) < 4.78 is 3.61. The molecule has 0 aliphatic rings. The number of nitrogens with zero attached hydrogens (tertiary/aromatic N) is 5. The van der Waals surface area contributed by atoms with Crippen molar-refractivity contribution in [3.8, 4) is 5.95 Å². The Hall–Kier alpha value is -2.73. The fourth-order valence-corrected chi connectivity index (χ4v) is 2.68. The maximum Gasteiger partial charge on any atom is 0.255 e. The van der Waals surface area contributed by atoms with Crippen molar-refractivity contribution in [3.63, 3.8) is 0 Å². The molecule has 21 heavy (non-hydrogen) atoms. The molecule has 0 aliphatic carbocycles. The van der Waals surface area contributed by atoms with Crippen molar-refractivity contribution in [1.82, 2.24) is 24.1 Å². The summed E-state index contributed by atoms with van der Waals surface area (Å²) in [6, 6.07) is 9.91. The van der Waals surface area contributed by atoms with Gasteiger partial charge in [-0.1, -0.05) is 6.07 Å². The molecule has 0 aliphatic heterocycles. The summed E-state index contributed by atoms with van der Waals surface area (Å²) in [4.78, 5) is 9.90. The van der Waals surface area contributed by atoms with E-state index in [4.69, 9.17) is 0 Å². The summed E-state index contributed by atoms with van der Waals surface area (Å²) in [6.07, 6.45) is 9.66. The first-order valence-corrected chi connectivity index (χ1v) is 7.35. The average Bonchev–Trinajstić information content (AvgIpc) is 3.23. The average molecular weight is 293 g/mol. The lowest BCUT2D eigenvalue weighted by Gasteiger charge is -1.96. The Labute approximate surface area is 124 Å². The molecule has 0 aromatic carbocycles. The second-order valence-corrected chi connectivity index (χ2v) is 5.41. The van der Waals surface area contributed by atoms with Crippen molar-refractivity contribution in [1.29, 1.82) is 0 Å². The van der Waals surface area contributed by atoms with E-state index in [9.17, 15) is 0 Å². The van der Waals surface area contributed by atoms with Crippen LogP contribution in [0.1, 0.15) is 10.6 Å². The van der Waals surface area contributed by atoms with E-state index in [-0.39, 0.29) is 0 Å². The van der Waals surface area contributed by atoms with Crippen molar-refractivity contribution in [2.75, 3.05) is 0 Å². The van der Waals surface area contributed by atoms with E-state index < -0.39 is 0 Å². The van der Waals surface area contributed by atoms with Crippen molar-refractivity contribution < 1.29 is 0 Å². The summed E-state index contributed by atoms with van der Waals surface area (Å²) in [5, 5.41) is 6.57. The first-order valence-electron chi connectivity index (χ1n) is 6.47. The summed E-state index contributed by atoms with van der Waals surface area (Å²) >= 11 is 1.70. The fraction of sp³-hybridized carbons (Fsp3) is 0. The van der Waals surface area contributed by atoms with Gasteiger partial charge < -0.3 is 0 Å². The van der Waals surface area contributed by atoms with Crippen molar-refractivity contribution in [3.05, 3.63) is 64.9 Å². The normalized spacial score (nSPS) is 11.6. The van der Waals surface area contributed by atoms with Crippen LogP contribution in [0.5, 0.6) is 0 Å². The SMILES string of the molecule is C(=Cc1ccnc2nc(-n3cccc3)nn12)c1cccs1. The first kappa shape index (κ1) is 12.0. The highest BCUT2D eigenvalue weighted by Crippen LogP contribution is 2.14. The van der Waals surface area contributed by atoms with Crippen LogP contribution in [0.3, 0.4) is 0 Å². The molecule has 4 aromatic heterocycles. The zero-order valence-corrected chi connectivity index (χ0v) is 11.8. The zero-order chi connectivity index (χ0) is 14.1. The third-order valence-corrected chi connectivity index (χ3v) is 3.89. The van der Waals surface area contributed by atoms with Gasteiger partial charge in [-0.2, -0.15) is 9.50 Å². The number of fused-ring (bicyclic) bond motifs is 1. The van der Waals surface area contributed by atoms with E-state index in [1.807, 2.05) is 47.3 Å². The topological polar surface area (TPSA) is 48.0 Å². The van der Waals surface area contributed by atoms with Gasteiger partial charge in [0.2, 0.25) is 0 Å². The number of hydrogen-bond acceptors (Lipinski definition) is 4. The number of aromatic nitrogens is 5. The van der Waals surface area contributed by atoms with Gasteiger partial charge in [0, 0.05) is 23.5 Å². The molecule has 0 fully saturated rings. The predicted octanol–water partition coefficient (Wildman–Crippen LogP) is 3.15. The molecule has 4 heterocycles. The minimum Gasteiger partial charge on any atom is -0.291 e. The van der Waals surface area contributed by atoms with Crippen LogP contribution in [0, 0.1) is 0 Å². The molecule has 6 heteroatoms. The molecule has 4 rings (SSSR count). The Kier molecular flexibility index (Phi) is 2.86. The van der Waals surface area contributed by atoms with E-state index in [0.29, 0.717) is 11.7 Å². The highest BCUT2D eigenvalue weighted by Gasteiger charge is 2.07. The van der Waals surface area contributed by atoms with Gasteiger partial charge in [-0.25, -0.2) is 4.98 Å². The smallest absolute Gasteiger partial charge is 0.255 e. The molecule has 0 bridgehead atoms. The fourth-order valence-electron chi connectivity index (χ4n) is 2.06. The van der Waals surface area contributed by atoms with Gasteiger partial charge in [0.05, 0.1) is 5.69 Å². The second kappa shape index (κ2) is 4.99. The van der Waals surface area contributed by atoms with Gasteiger partial charge in [-0.3, -0.25) is 4.57 Å². The number of thiophene rings is 1. The third-order valence-electron chi connectivity index (χ3n) is 3.06. The Morgan fingerprint density at radius 1 is 1.05 bits per heavy atom. The van der Waals surface area contributed by atoms with Crippen molar-refractivity contribution >= 4 is 29.3 Å². The van der Waals surface area contributed by atoms with E-state index in [1.54, 1.807) is 22.0 Å². The van der Waals surface area contributed by atoms with E-state index in [2.05, 4.69) is 32.6 Å². The van der Waals surface area contributed by atoms with Crippen LogP contribution in [0.25, 0.3) is 23.9 Å². The summed E-state index contributed by atoms with van der Waals surface area (Å²) in [7, 11) is 0. The number of hydrogen-bond donors (Lipinski definition) is 0. The first-order chi connectivity index (χ1) is 10.4. The van der Waals surface area contributed by atoms with E-state index in [1.165, 1.54) is 4.88 Å². The molecule has 0 N–H and O–H groups in total. The largest absolute Gasteiger partial charge is 0.291 e. The Bertz CT molecular complexity index is 888. The van der Waals surface area contributed by atoms with Gasteiger partial charge in [0.1, 0.15) is 0 Å². The van der Waals surface area contributed by atoms with Crippen LogP contribution in [0.15, 0.2) is 54.3 Å². The highest BCUT2D eigenvalue weighted by atomic mass is 32.1. The molecule has 5 nitrogen and oxygen atoms in total.